The summed E-state index contributed by atoms with van der Waals surface area (Å²) >= 11 is 0. The third-order valence-electron chi connectivity index (χ3n) is 8.48. The van der Waals surface area contributed by atoms with Gasteiger partial charge in [0.05, 0.1) is 35.4 Å². The molecule has 1 aromatic heterocycles. The van der Waals surface area contributed by atoms with E-state index in [0.29, 0.717) is 30.5 Å². The highest BCUT2D eigenvalue weighted by molar-refractivity contribution is 6.03. The molecule has 0 saturated carbocycles. The molecule has 0 radical (unpaired) electrons. The highest BCUT2D eigenvalue weighted by Gasteiger charge is 2.36. The Morgan fingerprint density at radius 3 is 2.63 bits per heavy atom. The number of esters is 2. The number of cyclic esters (lactones) is 2. The molecule has 5 aliphatic rings. The van der Waals surface area contributed by atoms with Crippen molar-refractivity contribution in [1.82, 2.24) is 19.7 Å². The van der Waals surface area contributed by atoms with E-state index in [9.17, 15) is 14.4 Å². The number of carbonyl (C=O) groups excluding carboxylic acids is 3. The predicted molar refractivity (Wildman–Crippen MR) is 139 cm³/mol. The highest BCUT2D eigenvalue weighted by atomic mass is 16.6. The third-order valence-corrected chi connectivity index (χ3v) is 8.48. The van der Waals surface area contributed by atoms with E-state index in [1.54, 1.807) is 6.07 Å². The molecule has 196 valence electrons. The third kappa shape index (κ3) is 4.15. The zero-order chi connectivity index (χ0) is 25.8. The van der Waals surface area contributed by atoms with Gasteiger partial charge in [-0.25, -0.2) is 14.6 Å². The number of hydrogen-bond donors (Lipinski definition) is 0. The van der Waals surface area contributed by atoms with Crippen LogP contribution in [0.2, 0.25) is 0 Å². The molecule has 0 unspecified atom stereocenters. The SMILES string of the molecule is O=C1CC2=C(CN3Cc4cc5cc(OC(=O)N6CCC(N7CCCCC7)CC6)ccc5nc4C3=C2)C(=O)O1. The van der Waals surface area contributed by atoms with Crippen LogP contribution in [0.4, 0.5) is 4.79 Å². The number of carbonyl (C=O) groups is 3. The van der Waals surface area contributed by atoms with Gasteiger partial charge >= 0.3 is 18.0 Å². The number of likely N-dealkylation sites (tertiary alicyclic amines) is 2. The Morgan fingerprint density at radius 1 is 1.00 bits per heavy atom. The quantitative estimate of drug-likeness (QED) is 0.443. The number of benzene rings is 1. The van der Waals surface area contributed by atoms with Gasteiger partial charge in [-0.3, -0.25) is 4.79 Å². The first-order valence-electron chi connectivity index (χ1n) is 13.6. The lowest BCUT2D eigenvalue weighted by Gasteiger charge is -2.39. The summed E-state index contributed by atoms with van der Waals surface area (Å²) in [5.74, 6) is -0.560. The molecule has 5 aliphatic heterocycles. The number of fused-ring (bicyclic) bond motifs is 4. The van der Waals surface area contributed by atoms with Crippen LogP contribution in [0.25, 0.3) is 16.6 Å². The van der Waals surface area contributed by atoms with E-state index in [-0.39, 0.29) is 12.5 Å². The topological polar surface area (TPSA) is 92.3 Å². The van der Waals surface area contributed by atoms with Crippen LogP contribution in [-0.2, 0) is 20.9 Å². The average molecular weight is 515 g/mol. The first-order valence-corrected chi connectivity index (χ1v) is 13.6. The van der Waals surface area contributed by atoms with Crippen LogP contribution < -0.4 is 4.74 Å². The van der Waals surface area contributed by atoms with Crippen LogP contribution >= 0.6 is 0 Å². The molecule has 1 aromatic carbocycles. The monoisotopic (exact) mass is 514 g/mol. The second-order valence-electron chi connectivity index (χ2n) is 10.9. The van der Waals surface area contributed by atoms with Crippen LogP contribution in [0.1, 0.15) is 49.8 Å². The number of hydrogen-bond acceptors (Lipinski definition) is 8. The maximum atomic E-state index is 12.9. The van der Waals surface area contributed by atoms with Crippen LogP contribution in [0, 0.1) is 0 Å². The predicted octanol–water partition coefficient (Wildman–Crippen LogP) is 3.62. The minimum absolute atomic E-state index is 0.103. The molecule has 0 atom stereocenters. The molecule has 2 saturated heterocycles. The molecule has 2 aromatic rings. The van der Waals surface area contributed by atoms with Crippen molar-refractivity contribution in [3.8, 4) is 5.75 Å². The molecule has 2 fully saturated rings. The second kappa shape index (κ2) is 9.23. The molecular weight excluding hydrogens is 484 g/mol. The van der Waals surface area contributed by atoms with Gasteiger partial charge < -0.3 is 24.2 Å². The van der Waals surface area contributed by atoms with Gasteiger partial charge in [-0.2, -0.15) is 0 Å². The summed E-state index contributed by atoms with van der Waals surface area (Å²) in [5.41, 5.74) is 4.87. The van der Waals surface area contributed by atoms with Crippen molar-refractivity contribution in [3.05, 3.63) is 52.7 Å². The number of pyridine rings is 1. The Morgan fingerprint density at radius 2 is 1.82 bits per heavy atom. The summed E-state index contributed by atoms with van der Waals surface area (Å²) < 4.78 is 10.6. The molecule has 9 nitrogen and oxygen atoms in total. The van der Waals surface area contributed by atoms with Gasteiger partial charge in [0.2, 0.25) is 0 Å². The lowest BCUT2D eigenvalue weighted by atomic mass is 9.97. The van der Waals surface area contributed by atoms with Crippen LogP contribution in [-0.4, -0.2) is 76.5 Å². The fourth-order valence-electron chi connectivity index (χ4n) is 6.46. The summed E-state index contributed by atoms with van der Waals surface area (Å²) in [6.45, 7) is 4.83. The van der Waals surface area contributed by atoms with E-state index in [1.807, 2.05) is 23.1 Å². The van der Waals surface area contributed by atoms with Crippen molar-refractivity contribution in [1.29, 1.82) is 0 Å². The summed E-state index contributed by atoms with van der Waals surface area (Å²) in [7, 11) is 0. The maximum Gasteiger partial charge on any atom is 0.415 e. The lowest BCUT2D eigenvalue weighted by Crippen LogP contribution is -2.48. The number of piperidine rings is 2. The van der Waals surface area contributed by atoms with E-state index in [1.165, 1.54) is 32.4 Å². The van der Waals surface area contributed by atoms with Crippen LogP contribution in [0.5, 0.6) is 5.75 Å². The van der Waals surface area contributed by atoms with Crippen molar-refractivity contribution >= 4 is 34.6 Å². The van der Waals surface area contributed by atoms with Crippen LogP contribution in [0.3, 0.4) is 0 Å². The minimum atomic E-state index is -0.553. The van der Waals surface area contributed by atoms with Gasteiger partial charge in [0, 0.05) is 31.1 Å². The zero-order valence-corrected chi connectivity index (χ0v) is 21.3. The van der Waals surface area contributed by atoms with Crippen molar-refractivity contribution in [3.63, 3.8) is 0 Å². The number of allylic oxidation sites excluding steroid dienone is 1. The maximum absolute atomic E-state index is 12.9. The molecular formula is C29H30N4O5. The molecule has 38 heavy (non-hydrogen) atoms. The normalized spacial score (nSPS) is 22.2. The van der Waals surface area contributed by atoms with Gasteiger partial charge in [-0.1, -0.05) is 6.42 Å². The summed E-state index contributed by atoms with van der Waals surface area (Å²) in [6, 6.07) is 8.18. The standard InChI is InChI=1S/C29H30N4O5/c34-26-15-18-14-25-27-20(16-33(25)17-23(18)28(35)38-26)12-19-13-22(4-5-24(19)30-27)37-29(36)32-10-6-21(7-11-32)31-8-2-1-3-9-31/h4-5,12-14,21H,1-3,6-11,15-17H2. The zero-order valence-electron chi connectivity index (χ0n) is 21.3. The molecule has 0 aliphatic carbocycles. The first-order chi connectivity index (χ1) is 18.5. The van der Waals surface area contributed by atoms with E-state index in [4.69, 9.17) is 14.5 Å². The van der Waals surface area contributed by atoms with Crippen molar-refractivity contribution in [2.75, 3.05) is 32.7 Å². The minimum Gasteiger partial charge on any atom is -0.410 e. The Hall–Kier alpha value is -3.72. The number of amides is 1. The van der Waals surface area contributed by atoms with Crippen molar-refractivity contribution in [2.45, 2.75) is 51.1 Å². The number of nitrogens with zero attached hydrogens (tertiary/aromatic N) is 4. The smallest absolute Gasteiger partial charge is 0.410 e. The largest absolute Gasteiger partial charge is 0.415 e. The van der Waals surface area contributed by atoms with Crippen molar-refractivity contribution < 1.29 is 23.9 Å². The Bertz CT molecular complexity index is 1420. The molecule has 0 bridgehead atoms. The Labute approximate surface area is 220 Å². The Kier molecular flexibility index (Phi) is 5.69. The van der Waals surface area contributed by atoms with Crippen molar-refractivity contribution in [2.24, 2.45) is 0 Å². The summed E-state index contributed by atoms with van der Waals surface area (Å²) in [4.78, 5) is 48.3. The highest BCUT2D eigenvalue weighted by Crippen LogP contribution is 2.40. The molecule has 9 heteroatoms. The number of rotatable bonds is 2. The molecule has 7 rings (SSSR count). The van der Waals surface area contributed by atoms with Gasteiger partial charge in [-0.05, 0) is 80.3 Å². The van der Waals surface area contributed by atoms with E-state index in [2.05, 4.69) is 15.9 Å². The number of aromatic nitrogens is 1. The second-order valence-corrected chi connectivity index (χ2v) is 10.9. The fraction of sp³-hybridized carbons (Fsp3) is 0.448. The van der Waals surface area contributed by atoms with Gasteiger partial charge in [0.25, 0.3) is 0 Å². The molecule has 6 heterocycles. The van der Waals surface area contributed by atoms with Gasteiger partial charge in [0.1, 0.15) is 5.75 Å². The molecule has 0 spiro atoms. The van der Waals surface area contributed by atoms with E-state index < -0.39 is 11.9 Å². The first kappa shape index (κ1) is 23.4. The lowest BCUT2D eigenvalue weighted by molar-refractivity contribution is -0.157. The fourth-order valence-corrected chi connectivity index (χ4v) is 6.46. The Balaban J connectivity index is 1.05. The average Bonchev–Trinajstić information content (AvgIpc) is 3.27. The molecule has 1 amide bonds. The van der Waals surface area contributed by atoms with Gasteiger partial charge in [-0.15, -0.1) is 0 Å². The van der Waals surface area contributed by atoms with E-state index >= 15 is 0 Å². The molecule has 0 N–H and O–H groups in total. The summed E-state index contributed by atoms with van der Waals surface area (Å²) in [5, 5.41) is 0.894. The summed E-state index contributed by atoms with van der Waals surface area (Å²) in [6.07, 6.45) is 7.60. The van der Waals surface area contributed by atoms with Crippen LogP contribution in [0.15, 0.2) is 41.5 Å². The number of ether oxygens (including phenoxy) is 2. The van der Waals surface area contributed by atoms with Gasteiger partial charge in [0.15, 0.2) is 0 Å². The van der Waals surface area contributed by atoms with E-state index in [0.717, 1.165) is 59.4 Å².